The van der Waals surface area contributed by atoms with Crippen molar-refractivity contribution in [3.8, 4) is 0 Å². The van der Waals surface area contributed by atoms with Crippen LogP contribution in [0.1, 0.15) is 38.7 Å². The quantitative estimate of drug-likeness (QED) is 0.908. The fourth-order valence-electron chi connectivity index (χ4n) is 2.64. The third kappa shape index (κ3) is 2.89. The molecule has 0 unspecified atom stereocenters. The number of anilines is 1. The number of halogens is 2. The number of benzene rings is 1. The molecule has 0 aromatic heterocycles. The Hall–Kier alpha value is -1.16. The third-order valence-corrected chi connectivity index (χ3v) is 4.40. The summed E-state index contributed by atoms with van der Waals surface area (Å²) in [5.74, 6) is -1.16. The van der Waals surface area contributed by atoms with Crippen molar-refractivity contribution < 1.29 is 13.9 Å². The maximum absolute atomic E-state index is 14.0. The minimum Gasteiger partial charge on any atom is -0.392 e. The van der Waals surface area contributed by atoms with Gasteiger partial charge in [0.05, 0.1) is 6.61 Å². The Morgan fingerprint density at radius 3 is 2.16 bits per heavy atom. The second kappa shape index (κ2) is 5.45. The number of aliphatic hydroxyl groups excluding tert-OH is 1. The molecule has 19 heavy (non-hydrogen) atoms. The van der Waals surface area contributed by atoms with Crippen LogP contribution in [0.4, 0.5) is 14.5 Å². The number of piperidine rings is 1. The molecule has 1 fully saturated rings. The summed E-state index contributed by atoms with van der Waals surface area (Å²) in [5.41, 5.74) is 0.610. The summed E-state index contributed by atoms with van der Waals surface area (Å²) >= 11 is 0. The molecule has 1 N–H and O–H groups in total. The Morgan fingerprint density at radius 2 is 1.74 bits per heavy atom. The molecule has 0 radical (unpaired) electrons. The lowest BCUT2D eigenvalue weighted by Crippen LogP contribution is -2.39. The summed E-state index contributed by atoms with van der Waals surface area (Å²) in [6.07, 6.45) is 2.99. The molecule has 1 heterocycles. The minimum atomic E-state index is -0.579. The van der Waals surface area contributed by atoms with Gasteiger partial charge < -0.3 is 10.0 Å². The van der Waals surface area contributed by atoms with Crippen molar-refractivity contribution in [3.05, 3.63) is 29.3 Å². The van der Waals surface area contributed by atoms with Crippen LogP contribution in [0, 0.1) is 17.0 Å². The zero-order chi connectivity index (χ0) is 14.0. The molecule has 1 saturated heterocycles. The molecule has 4 heteroatoms. The molecular weight excluding hydrogens is 248 g/mol. The van der Waals surface area contributed by atoms with Gasteiger partial charge in [0.15, 0.2) is 0 Å². The molecule has 1 aliphatic rings. The van der Waals surface area contributed by atoms with E-state index >= 15 is 0 Å². The fourth-order valence-corrected chi connectivity index (χ4v) is 2.64. The van der Waals surface area contributed by atoms with Crippen LogP contribution in [0.5, 0.6) is 0 Å². The number of aliphatic hydroxyl groups is 1. The van der Waals surface area contributed by atoms with Gasteiger partial charge in [-0.25, -0.2) is 8.78 Å². The van der Waals surface area contributed by atoms with Gasteiger partial charge in [-0.05, 0) is 36.0 Å². The maximum Gasteiger partial charge on any atom is 0.149 e. The molecule has 0 aliphatic carbocycles. The monoisotopic (exact) mass is 269 g/mol. The standard InChI is InChI=1S/C15H21F2NO/c1-3-15(2)4-6-18(7-5-15)14-12(16)8-11(10-19)9-13(14)17/h8-9,19H,3-7,10H2,1-2H3. The predicted molar refractivity (Wildman–Crippen MR) is 72.1 cm³/mol. The average Bonchev–Trinajstić information content (AvgIpc) is 2.40. The SMILES string of the molecule is CCC1(C)CCN(c2c(F)cc(CO)cc2F)CC1. The van der Waals surface area contributed by atoms with Crippen molar-refractivity contribution in [3.63, 3.8) is 0 Å². The number of rotatable bonds is 3. The van der Waals surface area contributed by atoms with E-state index in [1.807, 2.05) is 0 Å². The first-order valence-corrected chi connectivity index (χ1v) is 6.83. The van der Waals surface area contributed by atoms with Crippen LogP contribution in [-0.4, -0.2) is 18.2 Å². The molecule has 1 aromatic carbocycles. The van der Waals surface area contributed by atoms with Crippen LogP contribution in [0.25, 0.3) is 0 Å². The van der Waals surface area contributed by atoms with Gasteiger partial charge in [-0.15, -0.1) is 0 Å². The van der Waals surface area contributed by atoms with Crippen LogP contribution >= 0.6 is 0 Å². The largest absolute Gasteiger partial charge is 0.392 e. The third-order valence-electron chi connectivity index (χ3n) is 4.40. The molecule has 1 aliphatic heterocycles. The van der Waals surface area contributed by atoms with E-state index in [9.17, 15) is 8.78 Å². The average molecular weight is 269 g/mol. The smallest absolute Gasteiger partial charge is 0.149 e. The molecule has 106 valence electrons. The zero-order valence-corrected chi connectivity index (χ0v) is 11.5. The van der Waals surface area contributed by atoms with Crippen LogP contribution < -0.4 is 4.90 Å². The molecule has 0 spiro atoms. The highest BCUT2D eigenvalue weighted by molar-refractivity contribution is 5.51. The highest BCUT2D eigenvalue weighted by Gasteiger charge is 2.30. The van der Waals surface area contributed by atoms with Gasteiger partial charge in [-0.1, -0.05) is 20.3 Å². The van der Waals surface area contributed by atoms with Crippen molar-refractivity contribution in [2.75, 3.05) is 18.0 Å². The number of hydrogen-bond acceptors (Lipinski definition) is 2. The first-order chi connectivity index (χ1) is 8.99. The lowest BCUT2D eigenvalue weighted by atomic mass is 9.78. The van der Waals surface area contributed by atoms with Crippen LogP contribution in [0.2, 0.25) is 0 Å². The Balaban J connectivity index is 2.20. The van der Waals surface area contributed by atoms with E-state index in [2.05, 4.69) is 13.8 Å². The van der Waals surface area contributed by atoms with E-state index in [-0.39, 0.29) is 23.3 Å². The zero-order valence-electron chi connectivity index (χ0n) is 11.5. The van der Waals surface area contributed by atoms with Crippen molar-refractivity contribution in [2.45, 2.75) is 39.7 Å². The second-order valence-corrected chi connectivity index (χ2v) is 5.72. The van der Waals surface area contributed by atoms with Crippen molar-refractivity contribution in [1.29, 1.82) is 0 Å². The summed E-state index contributed by atoms with van der Waals surface area (Å²) in [6, 6.07) is 2.43. The molecule has 2 rings (SSSR count). The Morgan fingerprint density at radius 1 is 1.21 bits per heavy atom. The van der Waals surface area contributed by atoms with E-state index in [1.54, 1.807) is 4.90 Å². The number of hydrogen-bond donors (Lipinski definition) is 1. The molecular formula is C15H21F2NO. The highest BCUT2D eigenvalue weighted by atomic mass is 19.1. The topological polar surface area (TPSA) is 23.5 Å². The summed E-state index contributed by atoms with van der Waals surface area (Å²) in [5, 5.41) is 8.94. The van der Waals surface area contributed by atoms with Gasteiger partial charge >= 0.3 is 0 Å². The Labute approximate surface area is 113 Å². The normalized spacial score (nSPS) is 18.7. The summed E-state index contributed by atoms with van der Waals surface area (Å²) in [7, 11) is 0. The van der Waals surface area contributed by atoms with Crippen LogP contribution in [0.3, 0.4) is 0 Å². The highest BCUT2D eigenvalue weighted by Crippen LogP contribution is 2.37. The summed E-state index contributed by atoms with van der Waals surface area (Å²) < 4.78 is 27.9. The van der Waals surface area contributed by atoms with Crippen LogP contribution in [-0.2, 0) is 6.61 Å². The lowest BCUT2D eigenvalue weighted by Gasteiger charge is -2.40. The van der Waals surface area contributed by atoms with Gasteiger partial charge in [-0.3, -0.25) is 0 Å². The lowest BCUT2D eigenvalue weighted by molar-refractivity contribution is 0.237. The van der Waals surface area contributed by atoms with Crippen molar-refractivity contribution in [2.24, 2.45) is 5.41 Å². The van der Waals surface area contributed by atoms with Crippen molar-refractivity contribution in [1.82, 2.24) is 0 Å². The maximum atomic E-state index is 14.0. The Kier molecular flexibility index (Phi) is 4.09. The van der Waals surface area contributed by atoms with Gasteiger partial charge in [0.2, 0.25) is 0 Å². The van der Waals surface area contributed by atoms with E-state index in [4.69, 9.17) is 5.11 Å². The molecule has 0 saturated carbocycles. The van der Waals surface area contributed by atoms with E-state index < -0.39 is 11.6 Å². The van der Waals surface area contributed by atoms with Gasteiger partial charge in [0, 0.05) is 13.1 Å². The summed E-state index contributed by atoms with van der Waals surface area (Å²) in [4.78, 5) is 1.78. The summed E-state index contributed by atoms with van der Waals surface area (Å²) in [6.45, 7) is 5.40. The minimum absolute atomic E-state index is 0.0513. The number of nitrogens with zero attached hydrogens (tertiary/aromatic N) is 1. The molecule has 0 bridgehead atoms. The first kappa shape index (κ1) is 14.3. The van der Waals surface area contributed by atoms with E-state index in [0.29, 0.717) is 13.1 Å². The second-order valence-electron chi connectivity index (χ2n) is 5.72. The molecule has 0 amide bonds. The molecule has 1 aromatic rings. The first-order valence-electron chi connectivity index (χ1n) is 6.83. The van der Waals surface area contributed by atoms with Crippen molar-refractivity contribution >= 4 is 5.69 Å². The van der Waals surface area contributed by atoms with Crippen LogP contribution in [0.15, 0.2) is 12.1 Å². The fraction of sp³-hybridized carbons (Fsp3) is 0.600. The van der Waals surface area contributed by atoms with E-state index in [1.165, 1.54) is 12.1 Å². The molecule has 2 nitrogen and oxygen atoms in total. The van der Waals surface area contributed by atoms with Gasteiger partial charge in [0.1, 0.15) is 17.3 Å². The predicted octanol–water partition coefficient (Wildman–Crippen LogP) is 3.47. The Bertz CT molecular complexity index is 430. The van der Waals surface area contributed by atoms with E-state index in [0.717, 1.165) is 19.3 Å². The van der Waals surface area contributed by atoms with Gasteiger partial charge in [0.25, 0.3) is 0 Å². The van der Waals surface area contributed by atoms with Gasteiger partial charge in [-0.2, -0.15) is 0 Å². The molecule has 0 atom stereocenters.